The average Bonchev–Trinajstić information content (AvgIpc) is 2.75. The van der Waals surface area contributed by atoms with Gasteiger partial charge in [0.2, 0.25) is 0 Å². The molecule has 2 atom stereocenters. The first kappa shape index (κ1) is 9.53. The number of aromatic nitrogens is 2. The molecule has 0 amide bonds. The maximum atomic E-state index is 10.6. The Hall–Kier alpha value is -1.69. The zero-order valence-electron chi connectivity index (χ0n) is 8.58. The van der Waals surface area contributed by atoms with E-state index in [1.165, 1.54) is 6.07 Å². The summed E-state index contributed by atoms with van der Waals surface area (Å²) in [6.07, 6.45) is 0. The highest BCUT2D eigenvalue weighted by atomic mass is 16.4. The van der Waals surface area contributed by atoms with Gasteiger partial charge in [0, 0.05) is 19.1 Å². The van der Waals surface area contributed by atoms with Gasteiger partial charge in [-0.3, -0.25) is 0 Å². The largest absolute Gasteiger partial charge is 0.476 e. The number of carbonyl (C=O) groups is 1. The Balaban J connectivity index is 1.74. The molecular formula is C10H12N4O2. The van der Waals surface area contributed by atoms with E-state index in [2.05, 4.69) is 15.1 Å². The molecule has 2 aliphatic rings. The molecule has 84 valence electrons. The summed E-state index contributed by atoms with van der Waals surface area (Å²) in [6, 6.07) is 3.53. The first-order chi connectivity index (χ1) is 7.66. The first-order valence-corrected chi connectivity index (χ1v) is 5.24. The third-order valence-electron chi connectivity index (χ3n) is 3.45. The van der Waals surface area contributed by atoms with E-state index in [-0.39, 0.29) is 5.69 Å². The second kappa shape index (κ2) is 3.15. The molecule has 0 radical (unpaired) electrons. The van der Waals surface area contributed by atoms with Crippen LogP contribution in [-0.4, -0.2) is 40.4 Å². The van der Waals surface area contributed by atoms with Crippen molar-refractivity contribution in [2.75, 3.05) is 18.0 Å². The van der Waals surface area contributed by atoms with Crippen LogP contribution >= 0.6 is 0 Å². The lowest BCUT2D eigenvalue weighted by Gasteiger charge is -2.19. The molecule has 0 spiro atoms. The lowest BCUT2D eigenvalue weighted by molar-refractivity contribution is 0.0689. The van der Waals surface area contributed by atoms with Crippen molar-refractivity contribution in [3.8, 4) is 0 Å². The Morgan fingerprint density at radius 3 is 2.56 bits per heavy atom. The van der Waals surface area contributed by atoms with Crippen LogP contribution in [0.15, 0.2) is 12.1 Å². The van der Waals surface area contributed by atoms with Crippen molar-refractivity contribution in [1.29, 1.82) is 0 Å². The van der Waals surface area contributed by atoms with E-state index in [9.17, 15) is 4.79 Å². The molecule has 2 heterocycles. The third kappa shape index (κ3) is 1.34. The van der Waals surface area contributed by atoms with Gasteiger partial charge in [-0.25, -0.2) is 4.79 Å². The van der Waals surface area contributed by atoms with Crippen molar-refractivity contribution in [2.24, 2.45) is 17.6 Å². The molecule has 1 aromatic heterocycles. The number of fused-ring (bicyclic) bond motifs is 1. The van der Waals surface area contributed by atoms with Gasteiger partial charge >= 0.3 is 5.97 Å². The van der Waals surface area contributed by atoms with Crippen molar-refractivity contribution >= 4 is 11.8 Å². The standard InChI is InChI=1S/C10H12N4O2/c11-9-5-3-14(4-6(5)9)8-2-1-7(10(15)16)12-13-8/h1-2,5-6,9H,3-4,11H2,(H,15,16). The smallest absolute Gasteiger partial charge is 0.356 e. The lowest BCUT2D eigenvalue weighted by atomic mass is 10.3. The van der Waals surface area contributed by atoms with Crippen LogP contribution < -0.4 is 10.6 Å². The van der Waals surface area contributed by atoms with E-state index in [1.54, 1.807) is 6.07 Å². The van der Waals surface area contributed by atoms with Crippen molar-refractivity contribution in [2.45, 2.75) is 6.04 Å². The molecule has 2 unspecified atom stereocenters. The SMILES string of the molecule is NC1C2CN(c3ccc(C(=O)O)nn3)CC12. The van der Waals surface area contributed by atoms with Gasteiger partial charge in [-0.2, -0.15) is 0 Å². The van der Waals surface area contributed by atoms with E-state index in [4.69, 9.17) is 10.8 Å². The Kier molecular flexibility index (Phi) is 1.88. The minimum Gasteiger partial charge on any atom is -0.476 e. The van der Waals surface area contributed by atoms with Crippen molar-refractivity contribution in [3.05, 3.63) is 17.8 Å². The minimum absolute atomic E-state index is 0.0233. The number of nitrogens with two attached hydrogens (primary N) is 1. The molecule has 6 nitrogen and oxygen atoms in total. The maximum absolute atomic E-state index is 10.6. The fraction of sp³-hybridized carbons (Fsp3) is 0.500. The third-order valence-corrected chi connectivity index (χ3v) is 3.45. The quantitative estimate of drug-likeness (QED) is 0.702. The van der Waals surface area contributed by atoms with Gasteiger partial charge in [-0.1, -0.05) is 0 Å². The molecule has 0 bridgehead atoms. The molecule has 3 N–H and O–H groups in total. The Morgan fingerprint density at radius 2 is 2.06 bits per heavy atom. The fourth-order valence-electron chi connectivity index (χ4n) is 2.37. The predicted molar refractivity (Wildman–Crippen MR) is 56.2 cm³/mol. The second-order valence-electron chi connectivity index (χ2n) is 4.39. The number of carboxylic acids is 1. The molecule has 1 aromatic rings. The maximum Gasteiger partial charge on any atom is 0.356 e. The molecule has 3 rings (SSSR count). The number of rotatable bonds is 2. The van der Waals surface area contributed by atoms with Crippen LogP contribution in [0.1, 0.15) is 10.5 Å². The van der Waals surface area contributed by atoms with Crippen LogP contribution in [0.4, 0.5) is 5.82 Å². The van der Waals surface area contributed by atoms with Crippen LogP contribution in [-0.2, 0) is 0 Å². The van der Waals surface area contributed by atoms with E-state index < -0.39 is 5.97 Å². The van der Waals surface area contributed by atoms with Gasteiger partial charge < -0.3 is 15.7 Å². The van der Waals surface area contributed by atoms with Crippen LogP contribution in [0, 0.1) is 11.8 Å². The summed E-state index contributed by atoms with van der Waals surface area (Å²) in [7, 11) is 0. The molecule has 1 saturated carbocycles. The highest BCUT2D eigenvalue weighted by Crippen LogP contribution is 2.44. The number of nitrogens with zero attached hydrogens (tertiary/aromatic N) is 3. The van der Waals surface area contributed by atoms with Crippen molar-refractivity contribution in [1.82, 2.24) is 10.2 Å². The van der Waals surface area contributed by atoms with Crippen molar-refractivity contribution < 1.29 is 9.90 Å². The summed E-state index contributed by atoms with van der Waals surface area (Å²) in [5.74, 6) is 0.858. The van der Waals surface area contributed by atoms with Crippen LogP contribution in [0.25, 0.3) is 0 Å². The van der Waals surface area contributed by atoms with Crippen molar-refractivity contribution in [3.63, 3.8) is 0 Å². The summed E-state index contributed by atoms with van der Waals surface area (Å²) in [4.78, 5) is 12.7. The number of aromatic carboxylic acids is 1. The number of hydrogen-bond donors (Lipinski definition) is 2. The van der Waals surface area contributed by atoms with Gasteiger partial charge in [0.15, 0.2) is 11.5 Å². The van der Waals surface area contributed by atoms with Gasteiger partial charge in [-0.15, -0.1) is 10.2 Å². The zero-order chi connectivity index (χ0) is 11.3. The second-order valence-corrected chi connectivity index (χ2v) is 4.39. The summed E-state index contributed by atoms with van der Waals surface area (Å²) in [5, 5.41) is 16.3. The van der Waals surface area contributed by atoms with E-state index in [1.807, 2.05) is 0 Å². The predicted octanol–water partition coefficient (Wildman–Crippen LogP) is -0.432. The lowest BCUT2D eigenvalue weighted by Crippen LogP contribution is -2.28. The Bertz CT molecular complexity index is 421. The van der Waals surface area contributed by atoms with Crippen LogP contribution in [0.5, 0.6) is 0 Å². The first-order valence-electron chi connectivity index (χ1n) is 5.24. The molecule has 1 saturated heterocycles. The van der Waals surface area contributed by atoms with Crippen LogP contribution in [0.3, 0.4) is 0 Å². The fourth-order valence-corrected chi connectivity index (χ4v) is 2.37. The van der Waals surface area contributed by atoms with Gasteiger partial charge in [-0.05, 0) is 24.0 Å². The zero-order valence-corrected chi connectivity index (χ0v) is 8.58. The summed E-state index contributed by atoms with van der Waals surface area (Å²) < 4.78 is 0. The molecular weight excluding hydrogens is 208 g/mol. The molecule has 2 fully saturated rings. The molecule has 6 heteroatoms. The summed E-state index contributed by atoms with van der Waals surface area (Å²) in [5.41, 5.74) is 5.81. The highest BCUT2D eigenvalue weighted by molar-refractivity contribution is 5.85. The number of carboxylic acid groups (broad SMARTS) is 1. The Labute approximate surface area is 92.1 Å². The summed E-state index contributed by atoms with van der Waals surface area (Å²) >= 11 is 0. The van der Waals surface area contributed by atoms with E-state index in [0.717, 1.165) is 18.9 Å². The monoisotopic (exact) mass is 220 g/mol. The topological polar surface area (TPSA) is 92.3 Å². The van der Waals surface area contributed by atoms with E-state index >= 15 is 0 Å². The van der Waals surface area contributed by atoms with Crippen LogP contribution in [0.2, 0.25) is 0 Å². The van der Waals surface area contributed by atoms with Gasteiger partial charge in [0.1, 0.15) is 0 Å². The van der Waals surface area contributed by atoms with E-state index in [0.29, 0.717) is 17.9 Å². The molecule has 0 aromatic carbocycles. The number of hydrogen-bond acceptors (Lipinski definition) is 5. The molecule has 16 heavy (non-hydrogen) atoms. The normalized spacial score (nSPS) is 31.3. The number of piperidine rings is 1. The van der Waals surface area contributed by atoms with Gasteiger partial charge in [0.25, 0.3) is 0 Å². The number of anilines is 1. The average molecular weight is 220 g/mol. The Morgan fingerprint density at radius 1 is 1.38 bits per heavy atom. The molecule has 1 aliphatic heterocycles. The minimum atomic E-state index is -1.05. The highest BCUT2D eigenvalue weighted by Gasteiger charge is 2.53. The van der Waals surface area contributed by atoms with Gasteiger partial charge in [0.05, 0.1) is 0 Å². The molecule has 1 aliphatic carbocycles. The summed E-state index contributed by atoms with van der Waals surface area (Å²) in [6.45, 7) is 1.82.